The van der Waals surface area contributed by atoms with Crippen LogP contribution in [0.15, 0.2) is 30.3 Å². The van der Waals surface area contributed by atoms with Crippen LogP contribution in [-0.2, 0) is 26.2 Å². The van der Waals surface area contributed by atoms with Gasteiger partial charge in [-0.1, -0.05) is 44.2 Å². The number of likely N-dealkylation sites (tertiary alicyclic amines) is 1. The minimum atomic E-state index is -3.67. The Hall–Kier alpha value is -2.09. The number of carbonyl (C=O) groups excluding carboxylic acids is 2. The van der Waals surface area contributed by atoms with Crippen molar-refractivity contribution in [1.82, 2.24) is 9.21 Å². The highest BCUT2D eigenvalue weighted by atomic mass is 32.2. The van der Waals surface area contributed by atoms with Crippen molar-refractivity contribution in [2.45, 2.75) is 39.0 Å². The summed E-state index contributed by atoms with van der Waals surface area (Å²) >= 11 is 0. The monoisotopic (exact) mass is 380 g/mol. The van der Waals surface area contributed by atoms with Crippen LogP contribution >= 0.6 is 0 Å². The predicted octanol–water partition coefficient (Wildman–Crippen LogP) is 1.84. The standard InChI is InChI=1S/C18H24N2O5S/c1-12(2)15-16-14(20(17(15)21)26(3,23)24)9-10-19(16)18(22)25-11-13-7-5-4-6-8-13/h4-8,12,14-16H,9-11H2,1-3H3/t14-,15-,16+/m0/s1. The minimum absolute atomic E-state index is 0.0794. The van der Waals surface area contributed by atoms with Crippen LogP contribution in [-0.4, -0.2) is 54.5 Å². The Kier molecular flexibility index (Phi) is 4.96. The van der Waals surface area contributed by atoms with Crippen LogP contribution < -0.4 is 0 Å². The van der Waals surface area contributed by atoms with Crippen molar-refractivity contribution in [2.24, 2.45) is 11.8 Å². The molecule has 1 aromatic carbocycles. The molecule has 0 saturated carbocycles. The first kappa shape index (κ1) is 18.7. The zero-order valence-corrected chi connectivity index (χ0v) is 16.0. The second-order valence-electron chi connectivity index (χ2n) is 7.25. The van der Waals surface area contributed by atoms with E-state index in [9.17, 15) is 18.0 Å². The van der Waals surface area contributed by atoms with Crippen LogP contribution in [0.4, 0.5) is 4.79 Å². The van der Waals surface area contributed by atoms with Gasteiger partial charge in [0.2, 0.25) is 15.9 Å². The van der Waals surface area contributed by atoms with Gasteiger partial charge in [0.05, 0.1) is 24.3 Å². The van der Waals surface area contributed by atoms with E-state index in [-0.39, 0.29) is 12.5 Å². The number of amides is 2. The predicted molar refractivity (Wildman–Crippen MR) is 95.5 cm³/mol. The van der Waals surface area contributed by atoms with E-state index in [2.05, 4.69) is 0 Å². The highest BCUT2D eigenvalue weighted by Gasteiger charge is 2.58. The molecular formula is C18H24N2O5S. The summed E-state index contributed by atoms with van der Waals surface area (Å²) in [5.74, 6) is -1.04. The Morgan fingerprint density at radius 2 is 1.92 bits per heavy atom. The van der Waals surface area contributed by atoms with Crippen LogP contribution in [0.1, 0.15) is 25.8 Å². The van der Waals surface area contributed by atoms with Gasteiger partial charge in [-0.2, -0.15) is 0 Å². The number of nitrogens with zero attached hydrogens (tertiary/aromatic N) is 2. The van der Waals surface area contributed by atoms with Crippen LogP contribution in [0.3, 0.4) is 0 Å². The zero-order chi connectivity index (χ0) is 19.1. The largest absolute Gasteiger partial charge is 0.445 e. The Bertz CT molecular complexity index is 793. The molecule has 0 aliphatic carbocycles. The van der Waals surface area contributed by atoms with Gasteiger partial charge in [-0.05, 0) is 17.9 Å². The second-order valence-corrected chi connectivity index (χ2v) is 9.11. The molecule has 26 heavy (non-hydrogen) atoms. The van der Waals surface area contributed by atoms with E-state index in [1.54, 1.807) is 0 Å². The summed E-state index contributed by atoms with van der Waals surface area (Å²) in [6, 6.07) is 8.36. The van der Waals surface area contributed by atoms with E-state index in [1.165, 1.54) is 4.90 Å². The Morgan fingerprint density at radius 3 is 2.50 bits per heavy atom. The van der Waals surface area contributed by atoms with Gasteiger partial charge < -0.3 is 9.64 Å². The van der Waals surface area contributed by atoms with Crippen molar-refractivity contribution in [3.05, 3.63) is 35.9 Å². The van der Waals surface area contributed by atoms with Gasteiger partial charge in [0.15, 0.2) is 0 Å². The van der Waals surface area contributed by atoms with Crippen LogP contribution in [0.25, 0.3) is 0 Å². The Morgan fingerprint density at radius 1 is 1.27 bits per heavy atom. The summed E-state index contributed by atoms with van der Waals surface area (Å²) in [5.41, 5.74) is 0.872. The lowest BCUT2D eigenvalue weighted by Gasteiger charge is -2.28. The molecule has 0 N–H and O–H groups in total. The van der Waals surface area contributed by atoms with Crippen molar-refractivity contribution in [2.75, 3.05) is 12.8 Å². The summed E-state index contributed by atoms with van der Waals surface area (Å²) in [5, 5.41) is 0. The molecule has 2 fully saturated rings. The van der Waals surface area contributed by atoms with Crippen molar-refractivity contribution in [1.29, 1.82) is 0 Å². The minimum Gasteiger partial charge on any atom is -0.445 e. The lowest BCUT2D eigenvalue weighted by molar-refractivity contribution is -0.129. The molecule has 2 amide bonds. The summed E-state index contributed by atoms with van der Waals surface area (Å²) < 4.78 is 30.6. The van der Waals surface area contributed by atoms with Crippen molar-refractivity contribution < 1.29 is 22.7 Å². The first-order valence-electron chi connectivity index (χ1n) is 8.72. The van der Waals surface area contributed by atoms with Gasteiger partial charge in [0.25, 0.3) is 0 Å². The van der Waals surface area contributed by atoms with Gasteiger partial charge in [-0.15, -0.1) is 0 Å². The van der Waals surface area contributed by atoms with E-state index >= 15 is 0 Å². The average molecular weight is 380 g/mol. The quantitative estimate of drug-likeness (QED) is 0.796. The molecule has 8 heteroatoms. The lowest BCUT2D eigenvalue weighted by Crippen LogP contribution is -2.44. The number of ether oxygens (including phenoxy) is 1. The van der Waals surface area contributed by atoms with Gasteiger partial charge in [0.1, 0.15) is 6.61 Å². The highest BCUT2D eigenvalue weighted by molar-refractivity contribution is 7.88. The van der Waals surface area contributed by atoms with E-state index in [4.69, 9.17) is 4.74 Å². The summed E-state index contributed by atoms with van der Waals surface area (Å²) in [4.78, 5) is 26.9. The lowest BCUT2D eigenvalue weighted by atomic mass is 9.88. The number of hydrogen-bond donors (Lipinski definition) is 0. The molecule has 3 atom stereocenters. The Balaban J connectivity index is 1.80. The molecule has 3 rings (SSSR count). The SMILES string of the molecule is CC(C)[C@@H]1C(=O)N(S(C)(=O)=O)[C@H]2CCN(C(=O)OCc3ccccc3)[C@@H]12. The van der Waals surface area contributed by atoms with Crippen LogP contribution in [0, 0.1) is 11.8 Å². The molecule has 0 aromatic heterocycles. The average Bonchev–Trinajstić information content (AvgIpc) is 3.08. The van der Waals surface area contributed by atoms with Gasteiger partial charge in [-0.25, -0.2) is 17.5 Å². The zero-order valence-electron chi connectivity index (χ0n) is 15.2. The summed E-state index contributed by atoms with van der Waals surface area (Å²) in [6.07, 6.45) is 0.976. The second kappa shape index (κ2) is 6.90. The van der Waals surface area contributed by atoms with Gasteiger partial charge in [-0.3, -0.25) is 4.79 Å². The van der Waals surface area contributed by atoms with Gasteiger partial charge >= 0.3 is 6.09 Å². The maximum absolute atomic E-state index is 12.7. The number of rotatable bonds is 4. The van der Waals surface area contributed by atoms with Crippen LogP contribution in [0.2, 0.25) is 0 Å². The molecular weight excluding hydrogens is 356 g/mol. The fourth-order valence-corrected chi connectivity index (χ4v) is 5.22. The third-order valence-electron chi connectivity index (χ3n) is 5.11. The fraction of sp³-hybridized carbons (Fsp3) is 0.556. The number of sulfonamides is 1. The summed E-state index contributed by atoms with van der Waals surface area (Å²) in [7, 11) is -3.67. The molecule has 0 unspecified atom stereocenters. The van der Waals surface area contributed by atoms with Crippen molar-refractivity contribution >= 4 is 22.0 Å². The maximum Gasteiger partial charge on any atom is 0.410 e. The molecule has 1 aromatic rings. The number of fused-ring (bicyclic) bond motifs is 1. The fourth-order valence-electron chi connectivity index (χ4n) is 4.05. The van der Waals surface area contributed by atoms with E-state index in [1.807, 2.05) is 44.2 Å². The van der Waals surface area contributed by atoms with E-state index < -0.39 is 40.0 Å². The first-order valence-corrected chi connectivity index (χ1v) is 10.6. The molecule has 0 bridgehead atoms. The number of benzene rings is 1. The molecule has 0 spiro atoms. The molecule has 7 nitrogen and oxygen atoms in total. The molecule has 2 heterocycles. The van der Waals surface area contributed by atoms with Crippen molar-refractivity contribution in [3.63, 3.8) is 0 Å². The summed E-state index contributed by atoms with van der Waals surface area (Å²) in [6.45, 7) is 4.27. The number of hydrogen-bond acceptors (Lipinski definition) is 5. The molecule has 0 radical (unpaired) electrons. The highest BCUT2D eigenvalue weighted by Crippen LogP contribution is 2.41. The Labute approximate surface area is 154 Å². The first-order chi connectivity index (χ1) is 12.2. The van der Waals surface area contributed by atoms with E-state index in [0.717, 1.165) is 16.1 Å². The third kappa shape index (κ3) is 3.30. The topological polar surface area (TPSA) is 84.0 Å². The molecule has 2 saturated heterocycles. The maximum atomic E-state index is 12.7. The molecule has 2 aliphatic rings. The van der Waals surface area contributed by atoms with E-state index in [0.29, 0.717) is 13.0 Å². The normalized spacial score (nSPS) is 25.7. The third-order valence-corrected chi connectivity index (χ3v) is 6.27. The smallest absolute Gasteiger partial charge is 0.410 e. The van der Waals surface area contributed by atoms with Gasteiger partial charge in [0, 0.05) is 6.54 Å². The molecule has 142 valence electrons. The molecule has 2 aliphatic heterocycles. The van der Waals surface area contributed by atoms with Crippen molar-refractivity contribution in [3.8, 4) is 0 Å². The number of carbonyl (C=O) groups is 2. The van der Waals surface area contributed by atoms with Crippen LogP contribution in [0.5, 0.6) is 0 Å².